The number of carbonyl (C=O) groups is 4. The maximum Gasteiger partial charge on any atom is 0.331 e. The number of aliphatic hydroxyl groups excluding tert-OH is 9. The Balaban J connectivity index is 0.000000275. The van der Waals surface area contributed by atoms with Gasteiger partial charge in [0.05, 0.1) is 288 Å². The summed E-state index contributed by atoms with van der Waals surface area (Å²) < 4.78 is 105. The lowest BCUT2D eigenvalue weighted by atomic mass is 9.82. The fourth-order valence-corrected chi connectivity index (χ4v) is 21.8. The summed E-state index contributed by atoms with van der Waals surface area (Å²) in [5.74, 6) is 4.23. The Morgan fingerprint density at radius 1 is 0.278 bits per heavy atom. The molecule has 35 nitrogen and oxygen atoms in total. The molecule has 4 aliphatic rings. The van der Waals surface area contributed by atoms with Crippen LogP contribution in [-0.4, -0.2) is 294 Å². The van der Waals surface area contributed by atoms with E-state index in [4.69, 9.17) is 85.3 Å². The van der Waals surface area contributed by atoms with Crippen LogP contribution in [0.5, 0.6) is 80.5 Å². The molecule has 784 valence electrons. The molecule has 4 heterocycles. The molecule has 0 spiro atoms. The van der Waals surface area contributed by atoms with E-state index in [9.17, 15) is 65.1 Å². The SMILES string of the molecule is COc1cc(C2c3c(cc(OC)c(OC)c3OC)CC[N+]2(C)CCCOC(=O)/C=C\C(=O)OCCC[N+]2(C)CCc3cc(CO)c(CO)c(OC)c3C2Cc2ccc(CO)c(CO)c2)cc(CO)c1OC.COc1cc(CC2c3c(cc(OC)c(OC)c3OC)CC[N+]2(C)CCCOC(=O)/C=C\C(=O)OCCC[N+]2(C)CCc3cc(CO)c(CO)c(OC)c3C2c2cc(CO)c(OC)c(OC)c2)cc(CO)c1OC. The molecule has 0 saturated heterocycles. The normalized spacial score (nSPS) is 19.2. The van der Waals surface area contributed by atoms with Crippen molar-refractivity contribution >= 4 is 23.9 Å². The minimum atomic E-state index is -0.688. The number of hydrogen-bond donors (Lipinski definition) is 9. The first-order chi connectivity index (χ1) is 69.4. The van der Waals surface area contributed by atoms with Gasteiger partial charge in [0.15, 0.2) is 57.5 Å². The summed E-state index contributed by atoms with van der Waals surface area (Å²) in [6.45, 7) is 3.16. The Morgan fingerprint density at radius 3 is 0.917 bits per heavy atom. The molecule has 0 amide bonds. The molecule has 0 bridgehead atoms. The molecule has 35 heteroatoms. The molecule has 9 N–H and O–H groups in total. The molecule has 0 radical (unpaired) electrons. The van der Waals surface area contributed by atoms with Crippen LogP contribution in [0.3, 0.4) is 0 Å². The number of carbonyl (C=O) groups excluding carboxylic acids is 4. The largest absolute Gasteiger partial charge is 0.496 e. The second-order valence-corrected chi connectivity index (χ2v) is 37.2. The Kier molecular flexibility index (Phi) is 40.1. The van der Waals surface area contributed by atoms with Gasteiger partial charge in [-0.05, 0) is 104 Å². The predicted octanol–water partition coefficient (Wildman–Crippen LogP) is 9.93. The molecule has 8 aromatic rings. The van der Waals surface area contributed by atoms with Crippen molar-refractivity contribution in [1.29, 1.82) is 0 Å². The van der Waals surface area contributed by atoms with Crippen molar-refractivity contribution < 1.29 is 168 Å². The van der Waals surface area contributed by atoms with Crippen molar-refractivity contribution in [3.63, 3.8) is 0 Å². The molecule has 8 unspecified atom stereocenters. The number of rotatable bonds is 49. The van der Waals surface area contributed by atoms with Gasteiger partial charge in [-0.15, -0.1) is 0 Å². The Labute approximate surface area is 842 Å². The van der Waals surface area contributed by atoms with Crippen molar-refractivity contribution in [2.45, 2.75) is 148 Å². The number of fused-ring (bicyclic) bond motifs is 4. The van der Waals surface area contributed by atoms with Crippen molar-refractivity contribution in [2.75, 3.05) is 207 Å². The van der Waals surface area contributed by atoms with E-state index in [1.54, 1.807) is 71.1 Å². The summed E-state index contributed by atoms with van der Waals surface area (Å²) in [5, 5.41) is 92.3. The highest BCUT2D eigenvalue weighted by molar-refractivity contribution is 5.92. The number of likely N-dealkylation sites (N-methyl/N-ethyl adjacent to an activating group) is 4. The van der Waals surface area contributed by atoms with Crippen LogP contribution >= 0.6 is 0 Å². The van der Waals surface area contributed by atoms with E-state index in [-0.39, 0.29) is 110 Å². The summed E-state index contributed by atoms with van der Waals surface area (Å²) in [4.78, 5) is 51.8. The molecule has 4 aliphatic heterocycles. The van der Waals surface area contributed by atoms with Gasteiger partial charge in [0.2, 0.25) is 11.5 Å². The first-order valence-corrected chi connectivity index (χ1v) is 48.2. The maximum atomic E-state index is 13.0. The quantitative estimate of drug-likeness (QED) is 0.00562. The topological polar surface area (TPSA) is 416 Å². The number of hydrogen-bond acceptors (Lipinski definition) is 31. The van der Waals surface area contributed by atoms with Crippen molar-refractivity contribution in [1.82, 2.24) is 0 Å². The molecule has 0 saturated carbocycles. The van der Waals surface area contributed by atoms with Crippen molar-refractivity contribution in [3.8, 4) is 80.5 Å². The fraction of sp³-hybridized carbons (Fsp3) is 0.486. The highest BCUT2D eigenvalue weighted by Gasteiger charge is 2.49. The number of esters is 4. The minimum Gasteiger partial charge on any atom is -0.496 e. The third-order valence-corrected chi connectivity index (χ3v) is 29.0. The molecule has 144 heavy (non-hydrogen) atoms. The molecular formula is C109H146N4O31+4. The lowest BCUT2D eigenvalue weighted by Gasteiger charge is -2.47. The van der Waals surface area contributed by atoms with E-state index in [1.165, 1.54) is 28.4 Å². The summed E-state index contributed by atoms with van der Waals surface area (Å²) >= 11 is 0. The average molecular weight is 2010 g/mol. The molecule has 8 aromatic carbocycles. The second kappa shape index (κ2) is 51.5. The highest BCUT2D eigenvalue weighted by atomic mass is 16.6. The third kappa shape index (κ3) is 24.4. The summed E-state index contributed by atoms with van der Waals surface area (Å²) in [5.41, 5.74) is 16.5. The van der Waals surface area contributed by atoms with E-state index >= 15 is 0 Å². The number of benzene rings is 8. The van der Waals surface area contributed by atoms with Crippen LogP contribution < -0.4 is 66.3 Å². The molecular weight excluding hydrogens is 1860 g/mol. The van der Waals surface area contributed by atoms with Gasteiger partial charge >= 0.3 is 23.9 Å². The van der Waals surface area contributed by atoms with Gasteiger partial charge in [-0.3, -0.25) is 0 Å². The molecule has 8 atom stereocenters. The van der Waals surface area contributed by atoms with Crippen LogP contribution in [0.25, 0.3) is 0 Å². The summed E-state index contributed by atoms with van der Waals surface area (Å²) in [7, 11) is 30.4. The van der Waals surface area contributed by atoms with Crippen LogP contribution in [0.1, 0.15) is 167 Å². The number of ether oxygens (including phenoxy) is 18. The maximum absolute atomic E-state index is 13.0. The third-order valence-electron chi connectivity index (χ3n) is 29.0. The zero-order valence-corrected chi connectivity index (χ0v) is 86.3. The fourth-order valence-electron chi connectivity index (χ4n) is 21.8. The average Bonchev–Trinajstić information content (AvgIpc) is 0.728. The monoisotopic (exact) mass is 2010 g/mol. The van der Waals surface area contributed by atoms with Crippen LogP contribution in [0.2, 0.25) is 0 Å². The van der Waals surface area contributed by atoms with Gasteiger partial charge < -0.3 is 149 Å². The van der Waals surface area contributed by atoms with Gasteiger partial charge in [0.1, 0.15) is 35.7 Å². The zero-order chi connectivity index (χ0) is 104. The number of nitrogens with zero attached hydrogens (tertiary/aromatic N) is 4. The summed E-state index contributed by atoms with van der Waals surface area (Å²) in [6.07, 6.45) is 10.1. The lowest BCUT2D eigenvalue weighted by Crippen LogP contribution is -2.53. The van der Waals surface area contributed by atoms with Crippen LogP contribution in [0.15, 0.2) is 103 Å². The number of methoxy groups -OCH3 is 14. The van der Waals surface area contributed by atoms with Crippen molar-refractivity contribution in [3.05, 3.63) is 220 Å². The standard InChI is InChI=1S/C55H74N2O16.C54H72N2O15/c1-56(19-15-36-28-45(66-5)54(70-9)55(71-10)48(36)42(56)24-34-23-39(31-59)51(67-6)43(25-34)64-3)17-11-21-72-46(62)13-14-47(63)73-22-12-18-57(2)20-16-35-26-38(30-58)41(33-61)53(69-8)49(35)50(57)37-27-40(32-60)52(68-7)44(29-37)65-4;1-55(19-15-35-25-40(31-59)42(33-61)52(67-6)48(35)43(55)24-34-11-12-37(29-57)39(23-34)30-58)17-9-21-70-46(62)13-14-47(63)71-22-10-18-56(2)20-16-36-27-45(65-4)53(68-7)54(69-8)49(36)50(56)38-26-41(32-60)51(66-5)44(28-38)64-3/h13-14,23,25-29,42,50,58-61H,11-12,15-22,24,30-33H2,1-10H3;11-14,23,25-28,43,50,57-61H,9-10,15-22,24,29-33H2,1-8H3/q2*+2/b2*14-13-. The van der Waals surface area contributed by atoms with Gasteiger partial charge in [0.25, 0.3) is 0 Å². The van der Waals surface area contributed by atoms with Crippen molar-refractivity contribution in [2.24, 2.45) is 0 Å². The highest BCUT2D eigenvalue weighted by Crippen LogP contribution is 2.56. The molecule has 0 aliphatic carbocycles. The van der Waals surface area contributed by atoms with Gasteiger partial charge in [-0.25, -0.2) is 19.2 Å². The molecule has 0 aromatic heterocycles. The lowest BCUT2D eigenvalue weighted by molar-refractivity contribution is -0.941. The van der Waals surface area contributed by atoms with Gasteiger partial charge in [-0.2, -0.15) is 0 Å². The first-order valence-electron chi connectivity index (χ1n) is 48.2. The molecule has 12 rings (SSSR count). The number of aliphatic hydroxyl groups is 9. The first kappa shape index (κ1) is 112. The van der Waals surface area contributed by atoms with E-state index in [0.29, 0.717) is 246 Å². The molecule has 0 fully saturated rings. The summed E-state index contributed by atoms with van der Waals surface area (Å²) in [6, 6.07) is 23.9. The van der Waals surface area contributed by atoms with Crippen LogP contribution in [0, 0.1) is 0 Å². The second-order valence-electron chi connectivity index (χ2n) is 37.2. The zero-order valence-electron chi connectivity index (χ0n) is 86.3. The van der Waals surface area contributed by atoms with E-state index in [2.05, 4.69) is 28.2 Å². The minimum absolute atomic E-state index is 0.0663. The van der Waals surface area contributed by atoms with E-state index in [0.717, 1.165) is 111 Å². The Bertz CT molecular complexity index is 5790. The van der Waals surface area contributed by atoms with Gasteiger partial charge in [-0.1, -0.05) is 30.3 Å². The van der Waals surface area contributed by atoms with Crippen LogP contribution in [0.4, 0.5) is 0 Å². The van der Waals surface area contributed by atoms with Gasteiger partial charge in [0, 0.05) is 127 Å². The van der Waals surface area contributed by atoms with Crippen LogP contribution in [-0.2, 0) is 136 Å². The number of quaternary nitrogens is 4. The van der Waals surface area contributed by atoms with E-state index < -0.39 is 23.9 Å². The Hall–Kier alpha value is -12.2. The predicted molar refractivity (Wildman–Crippen MR) is 532 cm³/mol. The van der Waals surface area contributed by atoms with E-state index in [1.807, 2.05) is 78.9 Å². The Morgan fingerprint density at radius 2 is 0.562 bits per heavy atom. The smallest absolute Gasteiger partial charge is 0.331 e.